The number of aromatic nitrogens is 4. The van der Waals surface area contributed by atoms with Gasteiger partial charge in [0.25, 0.3) is 0 Å². The molecule has 5 aromatic rings. The predicted octanol–water partition coefficient (Wildman–Crippen LogP) is 5.71. The van der Waals surface area contributed by atoms with Gasteiger partial charge in [-0.15, -0.1) is 0 Å². The van der Waals surface area contributed by atoms with Crippen LogP contribution in [0.1, 0.15) is 31.9 Å². The number of ether oxygens (including phenoxy) is 3. The number of rotatable bonds is 11. The van der Waals surface area contributed by atoms with Gasteiger partial charge in [-0.2, -0.15) is 0 Å². The molecule has 11 nitrogen and oxygen atoms in total. The van der Waals surface area contributed by atoms with Gasteiger partial charge < -0.3 is 24.1 Å². The fraction of sp³-hybridized carbons (Fsp3) is 0.294. The van der Waals surface area contributed by atoms with Gasteiger partial charge in [-0.25, -0.2) is 24.1 Å². The smallest absolute Gasteiger partial charge is 0.414 e. The molecule has 0 aliphatic carbocycles. The van der Waals surface area contributed by atoms with E-state index in [2.05, 4.69) is 44.1 Å². The first-order valence-electron chi connectivity index (χ1n) is 14.7. The Labute approximate surface area is 262 Å². The lowest BCUT2D eigenvalue weighted by Gasteiger charge is -2.26. The summed E-state index contributed by atoms with van der Waals surface area (Å²) in [4.78, 5) is 42.3. The normalized spacial score (nSPS) is 11.4. The van der Waals surface area contributed by atoms with Gasteiger partial charge in [-0.1, -0.05) is 60.7 Å². The molecule has 0 unspecified atom stereocenters. The van der Waals surface area contributed by atoms with Crippen LogP contribution >= 0.6 is 0 Å². The van der Waals surface area contributed by atoms with Crippen molar-refractivity contribution in [1.29, 1.82) is 0 Å². The molecule has 0 atom stereocenters. The molecule has 1 amide bonds. The molecule has 234 valence electrons. The van der Waals surface area contributed by atoms with Gasteiger partial charge in [0.15, 0.2) is 11.5 Å². The lowest BCUT2D eigenvalue weighted by atomic mass is 10.1. The first-order valence-corrected chi connectivity index (χ1v) is 14.7. The summed E-state index contributed by atoms with van der Waals surface area (Å²) in [5.41, 5.74) is 2.90. The van der Waals surface area contributed by atoms with Crippen LogP contribution in [0.3, 0.4) is 0 Å². The van der Waals surface area contributed by atoms with E-state index in [9.17, 15) is 9.59 Å². The Morgan fingerprint density at radius 3 is 2.16 bits per heavy atom. The third kappa shape index (κ3) is 7.50. The fourth-order valence-corrected chi connectivity index (χ4v) is 4.89. The van der Waals surface area contributed by atoms with Crippen LogP contribution in [-0.2, 0) is 22.6 Å². The quantitative estimate of drug-likeness (QED) is 0.189. The maximum absolute atomic E-state index is 13.6. The molecule has 3 aromatic carbocycles. The highest BCUT2D eigenvalue weighted by Gasteiger charge is 2.25. The Kier molecular flexibility index (Phi) is 9.48. The minimum absolute atomic E-state index is 0.271. The minimum Gasteiger partial charge on any atom is -0.489 e. The molecular weight excluding hydrogens is 572 g/mol. The fourth-order valence-electron chi connectivity index (χ4n) is 4.89. The number of nitrogens with zero attached hydrogens (tertiary/aromatic N) is 5. The van der Waals surface area contributed by atoms with Gasteiger partial charge in [0, 0.05) is 27.2 Å². The number of hydrogen-bond acceptors (Lipinski definition) is 8. The molecule has 0 saturated heterocycles. The van der Waals surface area contributed by atoms with Crippen molar-refractivity contribution in [2.75, 3.05) is 37.2 Å². The van der Waals surface area contributed by atoms with Crippen LogP contribution in [0.25, 0.3) is 16.9 Å². The molecule has 0 aliphatic rings. The molecular formula is C34H38N6O5. The predicted molar refractivity (Wildman–Crippen MR) is 174 cm³/mol. The molecule has 0 bridgehead atoms. The van der Waals surface area contributed by atoms with Crippen LogP contribution in [0.2, 0.25) is 0 Å². The number of methoxy groups -OCH3 is 1. The van der Waals surface area contributed by atoms with Gasteiger partial charge >= 0.3 is 11.8 Å². The number of nitrogens with one attached hydrogen (secondary N) is 1. The molecule has 0 spiro atoms. The number of H-pyrrole nitrogens is 1. The van der Waals surface area contributed by atoms with E-state index in [1.165, 1.54) is 15.8 Å². The zero-order valence-electron chi connectivity index (χ0n) is 26.2. The molecule has 1 N–H and O–H groups in total. The summed E-state index contributed by atoms with van der Waals surface area (Å²) in [6.45, 7) is 7.15. The second-order valence-corrected chi connectivity index (χ2v) is 11.5. The number of aromatic amines is 1. The second kappa shape index (κ2) is 13.6. The summed E-state index contributed by atoms with van der Waals surface area (Å²) in [6, 6.07) is 25.4. The topological polar surface area (TPSA) is 115 Å². The van der Waals surface area contributed by atoms with Crippen LogP contribution < -0.4 is 20.2 Å². The van der Waals surface area contributed by atoms with Crippen molar-refractivity contribution >= 4 is 28.8 Å². The lowest BCUT2D eigenvalue weighted by Crippen LogP contribution is -2.34. The van der Waals surface area contributed by atoms with Crippen LogP contribution in [0.5, 0.6) is 5.75 Å². The zero-order chi connectivity index (χ0) is 32.0. The summed E-state index contributed by atoms with van der Waals surface area (Å²) in [6.07, 6.45) is 0.894. The van der Waals surface area contributed by atoms with Crippen LogP contribution in [0.4, 0.5) is 16.3 Å². The molecule has 0 radical (unpaired) electrons. The maximum atomic E-state index is 13.6. The highest BCUT2D eigenvalue weighted by molar-refractivity contribution is 5.90. The number of hydrogen-bond donors (Lipinski definition) is 1. The van der Waals surface area contributed by atoms with E-state index in [4.69, 9.17) is 14.2 Å². The Balaban J connectivity index is 1.59. The van der Waals surface area contributed by atoms with Crippen molar-refractivity contribution < 1.29 is 19.0 Å². The van der Waals surface area contributed by atoms with Gasteiger partial charge in [-0.3, -0.25) is 4.90 Å². The van der Waals surface area contributed by atoms with E-state index in [1.54, 1.807) is 53.1 Å². The van der Waals surface area contributed by atoms with Crippen molar-refractivity contribution in [3.63, 3.8) is 0 Å². The van der Waals surface area contributed by atoms with Crippen LogP contribution in [0.15, 0.2) is 90.0 Å². The molecule has 0 fully saturated rings. The standard InChI is InChI=1S/C34H38N6O5/c1-34(2,3)45-33(42)38(4)27-20-26(16-17-28(27)44-19-18-43-5)40-31-29(37-32(40)41)30(35-23-36-31)39(21-24-12-8-6-9-13-24)22-25-14-10-7-11-15-25/h6-17,20,23H,18-19,21-22H2,1-5H3,(H,37,41). The summed E-state index contributed by atoms with van der Waals surface area (Å²) >= 11 is 0. The third-order valence-corrected chi connectivity index (χ3v) is 6.96. The Bertz CT molecular complexity index is 1760. The van der Waals surface area contributed by atoms with Crippen LogP contribution in [0, 0.1) is 0 Å². The molecule has 2 aromatic heterocycles. The number of anilines is 2. The largest absolute Gasteiger partial charge is 0.489 e. The first-order chi connectivity index (χ1) is 21.6. The van der Waals surface area contributed by atoms with Crippen molar-refractivity contribution in [1.82, 2.24) is 19.5 Å². The molecule has 0 aliphatic heterocycles. The number of amides is 1. The number of benzene rings is 3. The SMILES string of the molecule is COCCOc1ccc(-n2c(=O)[nH]c3c(N(Cc4ccccc4)Cc4ccccc4)ncnc32)cc1N(C)C(=O)OC(C)(C)C. The second-order valence-electron chi connectivity index (χ2n) is 11.5. The summed E-state index contributed by atoms with van der Waals surface area (Å²) in [5.74, 6) is 1.03. The number of imidazole rings is 1. The Hall–Kier alpha value is -5.16. The summed E-state index contributed by atoms with van der Waals surface area (Å²) < 4.78 is 18.1. The summed E-state index contributed by atoms with van der Waals surface area (Å²) in [7, 11) is 3.18. The molecule has 0 saturated carbocycles. The van der Waals surface area contributed by atoms with E-state index in [1.807, 2.05) is 36.4 Å². The van der Waals surface area contributed by atoms with Crippen molar-refractivity contribution in [2.24, 2.45) is 0 Å². The van der Waals surface area contributed by atoms with Crippen molar-refractivity contribution in [3.05, 3.63) is 107 Å². The van der Waals surface area contributed by atoms with Crippen molar-refractivity contribution in [2.45, 2.75) is 39.5 Å². The molecule has 2 heterocycles. The Morgan fingerprint density at radius 2 is 1.56 bits per heavy atom. The number of carbonyl (C=O) groups excluding carboxylic acids is 1. The Morgan fingerprint density at radius 1 is 0.911 bits per heavy atom. The van der Waals surface area contributed by atoms with E-state index in [0.717, 1.165) is 11.1 Å². The number of fused-ring (bicyclic) bond motifs is 1. The van der Waals surface area contributed by atoms with E-state index < -0.39 is 17.4 Å². The minimum atomic E-state index is -0.702. The lowest BCUT2D eigenvalue weighted by molar-refractivity contribution is 0.0588. The maximum Gasteiger partial charge on any atom is 0.414 e. The van der Waals surface area contributed by atoms with Gasteiger partial charge in [0.2, 0.25) is 0 Å². The molecule has 45 heavy (non-hydrogen) atoms. The van der Waals surface area contributed by atoms with E-state index in [-0.39, 0.29) is 6.61 Å². The van der Waals surface area contributed by atoms with Crippen LogP contribution in [-0.4, -0.2) is 58.6 Å². The summed E-state index contributed by atoms with van der Waals surface area (Å²) in [5, 5.41) is 0. The van der Waals surface area contributed by atoms with Gasteiger partial charge in [0.1, 0.15) is 29.8 Å². The monoisotopic (exact) mass is 610 g/mol. The van der Waals surface area contributed by atoms with Crippen molar-refractivity contribution in [3.8, 4) is 11.4 Å². The average molecular weight is 611 g/mol. The highest BCUT2D eigenvalue weighted by atomic mass is 16.6. The third-order valence-electron chi connectivity index (χ3n) is 6.96. The first kappa shape index (κ1) is 31.3. The van der Waals surface area contributed by atoms with Gasteiger partial charge in [-0.05, 0) is 50.1 Å². The molecule has 5 rings (SSSR count). The number of carbonyl (C=O) groups is 1. The molecule has 11 heteroatoms. The van der Waals surface area contributed by atoms with E-state index in [0.29, 0.717) is 53.8 Å². The highest BCUT2D eigenvalue weighted by Crippen LogP contribution is 2.33. The van der Waals surface area contributed by atoms with E-state index >= 15 is 0 Å². The zero-order valence-corrected chi connectivity index (χ0v) is 26.2. The average Bonchev–Trinajstić information content (AvgIpc) is 3.36. The van der Waals surface area contributed by atoms with Gasteiger partial charge in [0.05, 0.1) is 18.0 Å².